The second kappa shape index (κ2) is 4.34. The van der Waals surface area contributed by atoms with E-state index in [2.05, 4.69) is 20.2 Å². The van der Waals surface area contributed by atoms with Gasteiger partial charge in [-0.25, -0.2) is 8.42 Å². The first kappa shape index (κ1) is 12.7. The van der Waals surface area contributed by atoms with E-state index in [4.69, 9.17) is 0 Å². The minimum absolute atomic E-state index is 0.112. The molecule has 0 fully saturated rings. The highest BCUT2D eigenvalue weighted by molar-refractivity contribution is 7.92. The molecule has 0 bridgehead atoms. The van der Waals surface area contributed by atoms with Gasteiger partial charge in [-0.1, -0.05) is 0 Å². The Morgan fingerprint density at radius 2 is 2.15 bits per heavy atom. The zero-order valence-electron chi connectivity index (χ0n) is 10.5. The molecule has 20 heavy (non-hydrogen) atoms. The topological polar surface area (TPSA) is 104 Å². The van der Waals surface area contributed by atoms with Gasteiger partial charge in [0, 0.05) is 11.9 Å². The van der Waals surface area contributed by atoms with Gasteiger partial charge < -0.3 is 5.32 Å². The van der Waals surface area contributed by atoms with E-state index in [9.17, 15) is 13.2 Å². The second-order valence-corrected chi connectivity index (χ2v) is 6.23. The zero-order valence-corrected chi connectivity index (χ0v) is 11.4. The molecular weight excluding hydrogens is 280 g/mol. The monoisotopic (exact) mass is 292 g/mol. The number of carbonyl (C=O) groups excluding carboxylic acids is 1. The quantitative estimate of drug-likeness (QED) is 0.792. The van der Waals surface area contributed by atoms with Crippen LogP contribution in [0.3, 0.4) is 0 Å². The number of nitrogens with one attached hydrogen (secondary N) is 3. The maximum atomic E-state index is 12.2. The van der Waals surface area contributed by atoms with Crippen molar-refractivity contribution in [3.63, 3.8) is 0 Å². The van der Waals surface area contributed by atoms with E-state index in [1.807, 2.05) is 0 Å². The van der Waals surface area contributed by atoms with Crippen molar-refractivity contribution in [2.24, 2.45) is 0 Å². The summed E-state index contributed by atoms with van der Waals surface area (Å²) < 4.78 is 26.9. The highest BCUT2D eigenvalue weighted by Gasteiger charge is 2.28. The first-order valence-electron chi connectivity index (χ1n) is 5.94. The predicted octanol–water partition coefficient (Wildman–Crippen LogP) is 1.27. The molecule has 0 saturated carbocycles. The Morgan fingerprint density at radius 1 is 1.35 bits per heavy atom. The highest BCUT2D eigenvalue weighted by Crippen LogP contribution is 2.33. The van der Waals surface area contributed by atoms with Crippen LogP contribution < -0.4 is 10.0 Å². The van der Waals surface area contributed by atoms with Crippen LogP contribution in [-0.4, -0.2) is 24.5 Å². The Bertz CT molecular complexity index is 768. The van der Waals surface area contributed by atoms with E-state index in [0.29, 0.717) is 16.9 Å². The van der Waals surface area contributed by atoms with Crippen LogP contribution in [0.4, 0.5) is 11.4 Å². The van der Waals surface area contributed by atoms with Crippen LogP contribution in [0.25, 0.3) is 0 Å². The molecule has 104 valence electrons. The molecule has 0 spiro atoms. The van der Waals surface area contributed by atoms with Gasteiger partial charge in [-0.3, -0.25) is 14.6 Å². The number of carbonyl (C=O) groups is 1. The summed E-state index contributed by atoms with van der Waals surface area (Å²) in [4.78, 5) is 11.7. The number of fused-ring (bicyclic) bond motifs is 1. The number of aromatic nitrogens is 2. The standard InChI is InChI=1S/C12H12N4O3S/c1-7-10-4-9(2-3-11(10)15-12(7)17)20(18,19)16-8-5-13-14-6-8/h2-7,16H,1H3,(H,13,14)(H,15,17). The number of hydrogen-bond donors (Lipinski definition) is 3. The van der Waals surface area contributed by atoms with Crippen molar-refractivity contribution in [3.05, 3.63) is 36.2 Å². The molecule has 1 unspecified atom stereocenters. The summed E-state index contributed by atoms with van der Waals surface area (Å²) in [5.41, 5.74) is 1.70. The normalized spacial score (nSPS) is 17.6. The lowest BCUT2D eigenvalue weighted by molar-refractivity contribution is -0.116. The third-order valence-corrected chi connectivity index (χ3v) is 4.58. The zero-order chi connectivity index (χ0) is 14.3. The molecule has 1 aliphatic rings. The highest BCUT2D eigenvalue weighted by atomic mass is 32.2. The van der Waals surface area contributed by atoms with Crippen LogP contribution in [0.2, 0.25) is 0 Å². The van der Waals surface area contributed by atoms with Crippen LogP contribution in [0.5, 0.6) is 0 Å². The van der Waals surface area contributed by atoms with E-state index in [1.54, 1.807) is 13.0 Å². The fourth-order valence-corrected chi connectivity index (χ4v) is 3.15. The summed E-state index contributed by atoms with van der Waals surface area (Å²) in [5.74, 6) is -0.480. The largest absolute Gasteiger partial charge is 0.325 e. The lowest BCUT2D eigenvalue weighted by Gasteiger charge is -2.08. The van der Waals surface area contributed by atoms with Gasteiger partial charge in [0.05, 0.1) is 22.7 Å². The summed E-state index contributed by atoms with van der Waals surface area (Å²) in [6.45, 7) is 1.74. The van der Waals surface area contributed by atoms with Crippen molar-refractivity contribution in [1.82, 2.24) is 10.2 Å². The number of anilines is 2. The number of rotatable bonds is 3. The number of aromatic amines is 1. The van der Waals surface area contributed by atoms with Crippen LogP contribution in [-0.2, 0) is 14.8 Å². The summed E-state index contributed by atoms with van der Waals surface area (Å²) in [7, 11) is -3.69. The van der Waals surface area contributed by atoms with Crippen LogP contribution >= 0.6 is 0 Å². The minimum atomic E-state index is -3.69. The van der Waals surface area contributed by atoms with Gasteiger partial charge in [-0.05, 0) is 30.7 Å². The van der Waals surface area contributed by atoms with Crippen molar-refractivity contribution >= 4 is 27.3 Å². The molecular formula is C12H12N4O3S. The average molecular weight is 292 g/mol. The second-order valence-electron chi connectivity index (χ2n) is 4.55. The van der Waals surface area contributed by atoms with Gasteiger partial charge in [0.25, 0.3) is 10.0 Å². The summed E-state index contributed by atoms with van der Waals surface area (Å²) in [6.07, 6.45) is 2.82. The Labute approximate surface area is 115 Å². The first-order valence-corrected chi connectivity index (χ1v) is 7.42. The lowest BCUT2D eigenvalue weighted by Crippen LogP contribution is -2.12. The van der Waals surface area contributed by atoms with E-state index >= 15 is 0 Å². The van der Waals surface area contributed by atoms with Crippen LogP contribution in [0, 0.1) is 0 Å². The van der Waals surface area contributed by atoms with Gasteiger partial charge in [0.1, 0.15) is 0 Å². The molecule has 8 heteroatoms. The molecule has 1 atom stereocenters. The molecule has 7 nitrogen and oxygen atoms in total. The Kier molecular flexibility index (Phi) is 2.75. The Hall–Kier alpha value is -2.35. The summed E-state index contributed by atoms with van der Waals surface area (Å²) >= 11 is 0. The SMILES string of the molecule is CC1C(=O)Nc2ccc(S(=O)(=O)Nc3cn[nH]c3)cc21. The van der Waals surface area contributed by atoms with Crippen molar-refractivity contribution in [1.29, 1.82) is 0 Å². The molecule has 0 saturated heterocycles. The maximum Gasteiger partial charge on any atom is 0.262 e. The van der Waals surface area contributed by atoms with Crippen molar-refractivity contribution in [2.45, 2.75) is 17.7 Å². The van der Waals surface area contributed by atoms with E-state index in [-0.39, 0.29) is 16.7 Å². The molecule has 3 N–H and O–H groups in total. The van der Waals surface area contributed by atoms with E-state index in [0.717, 1.165) is 0 Å². The summed E-state index contributed by atoms with van der Waals surface area (Å²) in [6, 6.07) is 4.57. The Balaban J connectivity index is 1.97. The smallest absolute Gasteiger partial charge is 0.262 e. The van der Waals surface area contributed by atoms with Crippen molar-refractivity contribution in [3.8, 4) is 0 Å². The Morgan fingerprint density at radius 3 is 2.85 bits per heavy atom. The molecule has 0 radical (unpaired) electrons. The molecule has 1 aromatic heterocycles. The molecule has 2 aromatic rings. The van der Waals surface area contributed by atoms with E-state index in [1.165, 1.54) is 24.5 Å². The number of nitrogens with zero attached hydrogens (tertiary/aromatic N) is 1. The van der Waals surface area contributed by atoms with Gasteiger partial charge in [-0.15, -0.1) is 0 Å². The summed E-state index contributed by atoms with van der Waals surface area (Å²) in [5, 5.41) is 8.90. The fraction of sp³-hybridized carbons (Fsp3) is 0.167. The van der Waals surface area contributed by atoms with Crippen LogP contribution in [0.1, 0.15) is 18.4 Å². The number of H-pyrrole nitrogens is 1. The van der Waals surface area contributed by atoms with Gasteiger partial charge >= 0.3 is 0 Å². The molecule has 3 rings (SSSR count). The third-order valence-electron chi connectivity index (χ3n) is 3.20. The van der Waals surface area contributed by atoms with Crippen molar-refractivity contribution in [2.75, 3.05) is 10.0 Å². The number of benzene rings is 1. The molecule has 1 aromatic carbocycles. The van der Waals surface area contributed by atoms with Gasteiger partial charge in [-0.2, -0.15) is 5.10 Å². The van der Waals surface area contributed by atoms with Gasteiger partial charge in [0.15, 0.2) is 0 Å². The first-order chi connectivity index (χ1) is 9.47. The molecule has 0 aliphatic carbocycles. The van der Waals surface area contributed by atoms with Gasteiger partial charge in [0.2, 0.25) is 5.91 Å². The van der Waals surface area contributed by atoms with E-state index < -0.39 is 10.0 Å². The minimum Gasteiger partial charge on any atom is -0.325 e. The predicted molar refractivity (Wildman–Crippen MR) is 72.9 cm³/mol. The molecule has 1 aliphatic heterocycles. The fourth-order valence-electron chi connectivity index (χ4n) is 2.08. The maximum absolute atomic E-state index is 12.2. The molecule has 2 heterocycles. The number of sulfonamides is 1. The molecule has 1 amide bonds. The number of hydrogen-bond acceptors (Lipinski definition) is 4. The van der Waals surface area contributed by atoms with Crippen LogP contribution in [0.15, 0.2) is 35.5 Å². The third kappa shape index (κ3) is 2.03. The van der Waals surface area contributed by atoms with Crippen molar-refractivity contribution < 1.29 is 13.2 Å². The average Bonchev–Trinajstić information content (AvgIpc) is 2.98. The lowest BCUT2D eigenvalue weighted by atomic mass is 10.0. The number of amides is 1.